The number of anilines is 1. The molecule has 3 nitrogen and oxygen atoms in total. The maximum absolute atomic E-state index is 13.8. The van der Waals surface area contributed by atoms with Crippen LogP contribution in [0.25, 0.3) is 10.4 Å². The fourth-order valence-electron chi connectivity index (χ4n) is 1.82. The molecule has 0 bridgehead atoms. The molecule has 118 valence electrons. The molecule has 6 heteroatoms. The van der Waals surface area contributed by atoms with E-state index >= 15 is 0 Å². The van der Waals surface area contributed by atoms with Crippen molar-refractivity contribution < 1.29 is 18.3 Å². The standard InChI is InChI=1S/C16H17F2NO2S/c1-9-7-13(11-6-5-10(17)8-12(11)18)22-14(9)19-15(20)21-16(2,3)4/h5-8H,1-4H3,(H,19,20). The Kier molecular flexibility index (Phi) is 4.51. The summed E-state index contributed by atoms with van der Waals surface area (Å²) in [4.78, 5) is 12.4. The second-order valence-electron chi connectivity index (χ2n) is 5.87. The fourth-order valence-corrected chi connectivity index (χ4v) is 2.91. The average molecular weight is 325 g/mol. The molecule has 0 aliphatic carbocycles. The number of halogens is 2. The van der Waals surface area contributed by atoms with E-state index < -0.39 is 23.3 Å². The zero-order chi connectivity index (χ0) is 16.5. The highest BCUT2D eigenvalue weighted by molar-refractivity contribution is 7.19. The van der Waals surface area contributed by atoms with Crippen molar-refractivity contribution in [2.45, 2.75) is 33.3 Å². The van der Waals surface area contributed by atoms with Crippen LogP contribution in [-0.4, -0.2) is 11.7 Å². The van der Waals surface area contributed by atoms with E-state index in [1.165, 1.54) is 23.5 Å². The number of aryl methyl sites for hydroxylation is 1. The molecule has 0 fully saturated rings. The molecule has 1 heterocycles. The third-order valence-corrected chi connectivity index (χ3v) is 3.91. The second-order valence-corrected chi connectivity index (χ2v) is 6.93. The van der Waals surface area contributed by atoms with Gasteiger partial charge in [-0.25, -0.2) is 13.6 Å². The summed E-state index contributed by atoms with van der Waals surface area (Å²) in [6.07, 6.45) is -0.566. The van der Waals surface area contributed by atoms with Gasteiger partial charge < -0.3 is 4.74 Å². The number of hydrogen-bond donors (Lipinski definition) is 1. The van der Waals surface area contributed by atoms with E-state index in [0.717, 1.165) is 11.6 Å². The Morgan fingerprint density at radius 1 is 1.23 bits per heavy atom. The first-order chi connectivity index (χ1) is 10.2. The Hall–Kier alpha value is -1.95. The average Bonchev–Trinajstić information content (AvgIpc) is 2.67. The van der Waals surface area contributed by atoms with E-state index in [9.17, 15) is 13.6 Å². The Bertz CT molecular complexity index is 705. The Morgan fingerprint density at radius 2 is 1.91 bits per heavy atom. The number of amides is 1. The summed E-state index contributed by atoms with van der Waals surface area (Å²) < 4.78 is 32.0. The van der Waals surface area contributed by atoms with E-state index in [4.69, 9.17) is 4.74 Å². The fraction of sp³-hybridized carbons (Fsp3) is 0.312. The zero-order valence-corrected chi connectivity index (χ0v) is 13.6. The number of nitrogens with one attached hydrogen (secondary N) is 1. The first kappa shape index (κ1) is 16.4. The van der Waals surface area contributed by atoms with Crippen LogP contribution >= 0.6 is 11.3 Å². The monoisotopic (exact) mass is 325 g/mol. The van der Waals surface area contributed by atoms with Gasteiger partial charge in [0.1, 0.15) is 22.2 Å². The highest BCUT2D eigenvalue weighted by atomic mass is 32.1. The molecule has 0 unspecified atom stereocenters. The largest absolute Gasteiger partial charge is 0.444 e. The summed E-state index contributed by atoms with van der Waals surface area (Å²) in [5, 5.41) is 3.23. The summed E-state index contributed by atoms with van der Waals surface area (Å²) in [5.41, 5.74) is 0.488. The molecule has 2 rings (SSSR count). The minimum Gasteiger partial charge on any atom is -0.444 e. The first-order valence-corrected chi connectivity index (χ1v) is 7.53. The van der Waals surface area contributed by atoms with Crippen LogP contribution in [0.3, 0.4) is 0 Å². The summed E-state index contributed by atoms with van der Waals surface area (Å²) in [5.74, 6) is -1.26. The van der Waals surface area contributed by atoms with Gasteiger partial charge in [0.05, 0.1) is 0 Å². The Balaban J connectivity index is 2.23. The van der Waals surface area contributed by atoms with Crippen molar-refractivity contribution in [3.8, 4) is 10.4 Å². The van der Waals surface area contributed by atoms with E-state index in [1.54, 1.807) is 33.8 Å². The number of rotatable bonds is 2. The third-order valence-electron chi connectivity index (χ3n) is 2.73. The minimum absolute atomic E-state index is 0.298. The molecule has 0 atom stereocenters. The van der Waals surface area contributed by atoms with Gasteiger partial charge in [0.25, 0.3) is 0 Å². The van der Waals surface area contributed by atoms with E-state index in [2.05, 4.69) is 5.32 Å². The maximum atomic E-state index is 13.8. The molecule has 0 radical (unpaired) electrons. The highest BCUT2D eigenvalue weighted by Crippen LogP contribution is 2.36. The summed E-state index contributed by atoms with van der Waals surface area (Å²) in [6, 6.07) is 5.17. The molecule has 1 aromatic heterocycles. The number of thiophene rings is 1. The van der Waals surface area contributed by atoms with Crippen LogP contribution in [0.5, 0.6) is 0 Å². The van der Waals surface area contributed by atoms with Crippen molar-refractivity contribution in [2.75, 3.05) is 5.32 Å². The number of carbonyl (C=O) groups excluding carboxylic acids is 1. The van der Waals surface area contributed by atoms with Crippen LogP contribution in [0.4, 0.5) is 18.6 Å². The normalized spacial score (nSPS) is 11.4. The molecule has 1 N–H and O–H groups in total. The van der Waals surface area contributed by atoms with Gasteiger partial charge >= 0.3 is 6.09 Å². The molecule has 22 heavy (non-hydrogen) atoms. The zero-order valence-electron chi connectivity index (χ0n) is 12.8. The molecule has 0 saturated carbocycles. The van der Waals surface area contributed by atoms with Crippen molar-refractivity contribution in [3.05, 3.63) is 41.5 Å². The van der Waals surface area contributed by atoms with Crippen LogP contribution < -0.4 is 5.32 Å². The lowest BCUT2D eigenvalue weighted by Gasteiger charge is -2.19. The van der Waals surface area contributed by atoms with Crippen LogP contribution in [0, 0.1) is 18.6 Å². The Labute approximate surface area is 131 Å². The molecule has 0 saturated heterocycles. The van der Waals surface area contributed by atoms with E-state index in [0.29, 0.717) is 15.4 Å². The molecule has 2 aromatic rings. The van der Waals surface area contributed by atoms with Gasteiger partial charge in [-0.2, -0.15) is 0 Å². The van der Waals surface area contributed by atoms with E-state index in [-0.39, 0.29) is 0 Å². The number of ether oxygens (including phenoxy) is 1. The van der Waals surface area contributed by atoms with Gasteiger partial charge in [-0.1, -0.05) is 0 Å². The molecule has 0 spiro atoms. The molecule has 1 amide bonds. The SMILES string of the molecule is Cc1cc(-c2ccc(F)cc2F)sc1NC(=O)OC(C)(C)C. The second kappa shape index (κ2) is 6.04. The lowest BCUT2D eigenvalue weighted by atomic mass is 10.1. The maximum Gasteiger partial charge on any atom is 0.412 e. The predicted octanol–water partition coefficient (Wildman–Crippen LogP) is 5.35. The first-order valence-electron chi connectivity index (χ1n) is 6.71. The van der Waals surface area contributed by atoms with Gasteiger partial charge in [-0.05, 0) is 51.5 Å². The van der Waals surface area contributed by atoms with Crippen molar-refractivity contribution in [3.63, 3.8) is 0 Å². The summed E-state index contributed by atoms with van der Waals surface area (Å²) in [6.45, 7) is 7.11. The molecule has 0 aliphatic heterocycles. The summed E-state index contributed by atoms with van der Waals surface area (Å²) >= 11 is 1.21. The van der Waals surface area contributed by atoms with Gasteiger partial charge in [0, 0.05) is 16.5 Å². The van der Waals surface area contributed by atoms with Crippen LogP contribution in [-0.2, 0) is 4.74 Å². The predicted molar refractivity (Wildman–Crippen MR) is 84.3 cm³/mol. The molecular weight excluding hydrogens is 308 g/mol. The molecule has 1 aromatic carbocycles. The van der Waals surface area contributed by atoms with Crippen molar-refractivity contribution in [1.82, 2.24) is 0 Å². The van der Waals surface area contributed by atoms with Crippen molar-refractivity contribution >= 4 is 22.4 Å². The highest BCUT2D eigenvalue weighted by Gasteiger charge is 2.18. The molecule has 0 aliphatic rings. The third kappa shape index (κ3) is 4.04. The van der Waals surface area contributed by atoms with Crippen LogP contribution in [0.2, 0.25) is 0 Å². The van der Waals surface area contributed by atoms with Crippen molar-refractivity contribution in [1.29, 1.82) is 0 Å². The van der Waals surface area contributed by atoms with Gasteiger partial charge in [0.2, 0.25) is 0 Å². The van der Waals surface area contributed by atoms with Crippen LogP contribution in [0.1, 0.15) is 26.3 Å². The lowest BCUT2D eigenvalue weighted by Crippen LogP contribution is -2.27. The van der Waals surface area contributed by atoms with E-state index in [1.807, 2.05) is 0 Å². The van der Waals surface area contributed by atoms with Gasteiger partial charge in [-0.3, -0.25) is 5.32 Å². The minimum atomic E-state index is -0.634. The number of benzene rings is 1. The number of carbonyl (C=O) groups is 1. The summed E-state index contributed by atoms with van der Waals surface area (Å²) in [7, 11) is 0. The van der Waals surface area contributed by atoms with Crippen molar-refractivity contribution in [2.24, 2.45) is 0 Å². The van der Waals surface area contributed by atoms with Gasteiger partial charge in [-0.15, -0.1) is 11.3 Å². The van der Waals surface area contributed by atoms with Gasteiger partial charge in [0.15, 0.2) is 0 Å². The lowest BCUT2D eigenvalue weighted by molar-refractivity contribution is 0.0636. The van der Waals surface area contributed by atoms with Crippen LogP contribution in [0.15, 0.2) is 24.3 Å². The topological polar surface area (TPSA) is 38.3 Å². The smallest absolute Gasteiger partial charge is 0.412 e. The molecular formula is C16H17F2NO2S. The number of hydrogen-bond acceptors (Lipinski definition) is 3. The quantitative estimate of drug-likeness (QED) is 0.808. The Morgan fingerprint density at radius 3 is 2.50 bits per heavy atom.